The number of nitrogens with two attached hydrogens (primary N) is 2. The van der Waals surface area contributed by atoms with E-state index in [9.17, 15) is 33.9 Å². The van der Waals surface area contributed by atoms with Crippen LogP contribution in [0.2, 0.25) is 0 Å². The highest BCUT2D eigenvalue weighted by molar-refractivity contribution is 5.93. The minimum atomic E-state index is -0.891. The summed E-state index contributed by atoms with van der Waals surface area (Å²) in [6.45, 7) is 8.40. The second-order valence-electron chi connectivity index (χ2n) is 17.7. The van der Waals surface area contributed by atoms with Crippen LogP contribution < -0.4 is 22.1 Å². The molecule has 4 rings (SSSR count). The summed E-state index contributed by atoms with van der Waals surface area (Å²) in [4.78, 5) is 75.0. The van der Waals surface area contributed by atoms with E-state index in [1.54, 1.807) is 6.92 Å². The number of aliphatic carboxylic acids is 1. The third-order valence-electron chi connectivity index (χ3n) is 11.9. The van der Waals surface area contributed by atoms with Crippen molar-refractivity contribution in [2.24, 2.45) is 29.2 Å². The van der Waals surface area contributed by atoms with Gasteiger partial charge >= 0.3 is 12.1 Å². The Morgan fingerprint density at radius 3 is 1.84 bits per heavy atom. The van der Waals surface area contributed by atoms with Crippen LogP contribution in [0.15, 0.2) is 72.8 Å². The molecule has 3 aromatic rings. The molecule has 1 aliphatic carbocycles. The van der Waals surface area contributed by atoms with Gasteiger partial charge < -0.3 is 50.9 Å². The highest BCUT2D eigenvalue weighted by Gasteiger charge is 2.30. The zero-order valence-electron chi connectivity index (χ0n) is 39.9. The number of ether oxygens (including phenoxy) is 5. The Kier molecular flexibility index (Phi) is 24.4. The minimum absolute atomic E-state index is 0.000773. The maximum absolute atomic E-state index is 13.6. The number of hydrogen-bond donors (Lipinski definition) is 5. The van der Waals surface area contributed by atoms with Crippen LogP contribution in [0.25, 0.3) is 11.1 Å². The number of unbranched alkanes of at least 4 members (excludes halogenated alkanes) is 1. The van der Waals surface area contributed by atoms with E-state index in [-0.39, 0.29) is 80.9 Å². The lowest BCUT2D eigenvalue weighted by Crippen LogP contribution is -2.45. The van der Waals surface area contributed by atoms with Crippen molar-refractivity contribution in [1.82, 2.24) is 10.6 Å². The summed E-state index contributed by atoms with van der Waals surface area (Å²) in [5, 5.41) is 14.8. The maximum atomic E-state index is 13.6. The van der Waals surface area contributed by atoms with Crippen molar-refractivity contribution in [3.63, 3.8) is 0 Å². The number of ketones is 2. The van der Waals surface area contributed by atoms with Gasteiger partial charge in [-0.1, -0.05) is 100.0 Å². The van der Waals surface area contributed by atoms with Crippen LogP contribution in [0, 0.1) is 17.8 Å². The summed E-state index contributed by atoms with van der Waals surface area (Å²) in [6, 6.07) is 22.6. The molecule has 0 saturated carbocycles. The highest BCUT2D eigenvalue weighted by atomic mass is 16.6. The Hall–Kier alpha value is -5.52. The zero-order valence-corrected chi connectivity index (χ0v) is 39.9. The first-order chi connectivity index (χ1) is 32.7. The van der Waals surface area contributed by atoms with E-state index in [1.165, 1.54) is 11.1 Å². The number of amides is 3. The number of benzene rings is 3. The molecule has 0 saturated heterocycles. The van der Waals surface area contributed by atoms with Gasteiger partial charge in [0, 0.05) is 50.1 Å². The lowest BCUT2D eigenvalue weighted by molar-refractivity contribution is -0.141. The summed E-state index contributed by atoms with van der Waals surface area (Å²) in [5.41, 5.74) is 17.8. The van der Waals surface area contributed by atoms with Crippen molar-refractivity contribution in [1.29, 1.82) is 0 Å². The summed E-state index contributed by atoms with van der Waals surface area (Å²) < 4.78 is 27.8. The number of fused-ring (bicyclic) bond motifs is 3. The molecule has 0 aliphatic heterocycles. The summed E-state index contributed by atoms with van der Waals surface area (Å²) in [5.74, 6) is -3.43. The van der Waals surface area contributed by atoms with Crippen molar-refractivity contribution >= 4 is 35.4 Å². The zero-order chi connectivity index (χ0) is 49.3. The number of nitrogens with one attached hydrogen (secondary N) is 2. The molecular formula is C52H72N4O12. The second kappa shape index (κ2) is 30.1. The molecule has 1 aliphatic rings. The van der Waals surface area contributed by atoms with Crippen molar-refractivity contribution in [3.05, 3.63) is 95.1 Å². The van der Waals surface area contributed by atoms with Crippen molar-refractivity contribution in [2.45, 2.75) is 96.6 Å². The predicted octanol–water partition coefficient (Wildman–Crippen LogP) is 5.54. The summed E-state index contributed by atoms with van der Waals surface area (Å²) in [7, 11) is 0. The van der Waals surface area contributed by atoms with Gasteiger partial charge in [-0.2, -0.15) is 0 Å². The number of hydrogen-bond acceptors (Lipinski definition) is 12. The second-order valence-corrected chi connectivity index (χ2v) is 17.7. The van der Waals surface area contributed by atoms with Crippen LogP contribution in [-0.2, 0) is 60.5 Å². The molecule has 4 atom stereocenters. The van der Waals surface area contributed by atoms with Gasteiger partial charge in [-0.3, -0.25) is 24.0 Å². The van der Waals surface area contributed by atoms with Gasteiger partial charge in [0.2, 0.25) is 11.8 Å². The molecule has 3 aromatic carbocycles. The third kappa shape index (κ3) is 19.6. The molecule has 7 N–H and O–H groups in total. The van der Waals surface area contributed by atoms with Gasteiger partial charge in [0.1, 0.15) is 12.4 Å². The van der Waals surface area contributed by atoms with Crippen molar-refractivity contribution in [3.8, 4) is 11.1 Å². The summed E-state index contributed by atoms with van der Waals surface area (Å²) >= 11 is 0. The van der Waals surface area contributed by atoms with Crippen LogP contribution in [0.3, 0.4) is 0 Å². The first-order valence-electron chi connectivity index (χ1n) is 23.8. The molecule has 16 heteroatoms. The van der Waals surface area contributed by atoms with Crippen LogP contribution in [0.4, 0.5) is 4.79 Å². The molecule has 0 spiro atoms. The fourth-order valence-electron chi connectivity index (χ4n) is 8.10. The molecule has 3 amide bonds. The quantitative estimate of drug-likeness (QED) is 0.0456. The number of Topliss-reactive ketones (excluding diaryl/α,β-unsaturated/α-hetero) is 2. The van der Waals surface area contributed by atoms with E-state index in [1.807, 2.05) is 62.4 Å². The van der Waals surface area contributed by atoms with Gasteiger partial charge in [0.15, 0.2) is 5.78 Å². The monoisotopic (exact) mass is 945 g/mol. The molecule has 16 nitrogen and oxygen atoms in total. The van der Waals surface area contributed by atoms with E-state index in [0.29, 0.717) is 78.3 Å². The molecule has 0 fully saturated rings. The first-order valence-corrected chi connectivity index (χ1v) is 23.8. The Bertz CT molecular complexity index is 2020. The number of primary amides is 1. The van der Waals surface area contributed by atoms with Crippen LogP contribution in [0.1, 0.15) is 93.9 Å². The van der Waals surface area contributed by atoms with E-state index in [0.717, 1.165) is 22.3 Å². The number of alkyl carbamates (subject to hydrolysis) is 1. The van der Waals surface area contributed by atoms with Crippen LogP contribution >= 0.6 is 0 Å². The lowest BCUT2D eigenvalue weighted by atomic mass is 9.88. The molecule has 0 unspecified atom stereocenters. The van der Waals surface area contributed by atoms with Gasteiger partial charge in [-0.25, -0.2) is 4.79 Å². The lowest BCUT2D eigenvalue weighted by Gasteiger charge is -2.24. The average molecular weight is 945 g/mol. The molecule has 0 aromatic heterocycles. The Balaban J connectivity index is 1.04. The van der Waals surface area contributed by atoms with E-state index >= 15 is 0 Å². The normalized spacial score (nSPS) is 13.8. The molecule has 372 valence electrons. The molecule has 0 radical (unpaired) electrons. The largest absolute Gasteiger partial charge is 0.481 e. The number of rotatable bonds is 35. The molecule has 0 bridgehead atoms. The molecule has 68 heavy (non-hydrogen) atoms. The fourth-order valence-corrected chi connectivity index (χ4v) is 8.10. The van der Waals surface area contributed by atoms with Gasteiger partial charge in [0.05, 0.1) is 64.8 Å². The number of carboxylic acid groups (broad SMARTS) is 1. The average Bonchev–Trinajstić information content (AvgIpc) is 3.63. The van der Waals surface area contributed by atoms with E-state index in [4.69, 9.17) is 35.2 Å². The predicted molar refractivity (Wildman–Crippen MR) is 257 cm³/mol. The standard InChI is InChI=1S/C52H72N4O12/c1-35(2)45(50(60)56-47(14-8-9-15-49(54)59)48(58)32-38-18-16-37(17-19-38)31-39(53)30-36(3)51(61)62)33-40(57)20-22-64-24-26-66-28-29-67-27-25-65-23-21-55-52(63)68-34-46-43-12-6-4-10-41(43)42-11-5-7-13-44(42)46/h4-7,10-13,16-19,35-36,39,45-47H,8-9,14-15,20-34,53H2,1-3H3,(H2,54,59)(H,55,63)(H,56,60)(H,61,62)/t36-,39+,45-,47-/m0/s1. The first kappa shape index (κ1) is 55.1. The Morgan fingerprint density at radius 2 is 1.26 bits per heavy atom. The van der Waals surface area contributed by atoms with Gasteiger partial charge in [-0.15, -0.1) is 0 Å². The van der Waals surface area contributed by atoms with Gasteiger partial charge in [0.25, 0.3) is 0 Å². The Morgan fingerprint density at radius 1 is 0.706 bits per heavy atom. The topological polar surface area (TPSA) is 245 Å². The third-order valence-corrected chi connectivity index (χ3v) is 11.9. The number of carbonyl (C=O) groups excluding carboxylic acids is 5. The maximum Gasteiger partial charge on any atom is 0.407 e. The number of carbonyl (C=O) groups is 6. The van der Waals surface area contributed by atoms with Gasteiger partial charge in [-0.05, 0) is 65.0 Å². The van der Waals surface area contributed by atoms with E-state index in [2.05, 4.69) is 34.9 Å². The van der Waals surface area contributed by atoms with Crippen molar-refractivity contribution < 1.29 is 57.6 Å². The summed E-state index contributed by atoms with van der Waals surface area (Å²) in [6.07, 6.45) is 1.97. The SMILES string of the molecule is CC(C)[C@H](CC(=O)CCOCCOCCOCCOCCNC(=O)OCC1c2ccccc2-c2ccccc21)C(=O)N[C@@H](CCCCC(N)=O)C(=O)Cc1ccc(C[C@H](N)C[C@H](C)C(=O)O)cc1. The molecular weight excluding hydrogens is 873 g/mol. The fraction of sp³-hybridized carbons (Fsp3) is 0.538. The number of carboxylic acids is 1. The van der Waals surface area contributed by atoms with E-state index < -0.39 is 35.8 Å². The highest BCUT2D eigenvalue weighted by Crippen LogP contribution is 2.44. The molecule has 0 heterocycles. The minimum Gasteiger partial charge on any atom is -0.481 e. The van der Waals surface area contributed by atoms with Crippen LogP contribution in [-0.4, -0.2) is 119 Å². The Labute approximate surface area is 400 Å². The smallest absolute Gasteiger partial charge is 0.407 e. The van der Waals surface area contributed by atoms with Crippen LogP contribution in [0.5, 0.6) is 0 Å². The van der Waals surface area contributed by atoms with Crippen molar-refractivity contribution in [2.75, 3.05) is 66.0 Å².